The number of pyridine rings is 1. The van der Waals surface area contributed by atoms with Crippen LogP contribution in [0, 0.1) is 0 Å². The lowest BCUT2D eigenvalue weighted by atomic mass is 9.92. The molecule has 0 radical (unpaired) electrons. The summed E-state index contributed by atoms with van der Waals surface area (Å²) >= 11 is 1.43. The summed E-state index contributed by atoms with van der Waals surface area (Å²) in [7, 11) is 0. The molecule has 0 bridgehead atoms. The highest BCUT2D eigenvalue weighted by molar-refractivity contribution is 7.17. The highest BCUT2D eigenvalue weighted by Crippen LogP contribution is 2.37. The molecule has 0 unspecified atom stereocenters. The first-order chi connectivity index (χ1) is 12.6. The van der Waals surface area contributed by atoms with Gasteiger partial charge in [-0.05, 0) is 46.2 Å². The van der Waals surface area contributed by atoms with Gasteiger partial charge in [-0.25, -0.2) is 0 Å². The molecule has 5 heteroatoms. The number of H-pyrrole nitrogens is 1. The Labute approximate surface area is 154 Å². The Morgan fingerprint density at radius 3 is 2.62 bits per heavy atom. The van der Waals surface area contributed by atoms with E-state index >= 15 is 0 Å². The lowest BCUT2D eigenvalue weighted by molar-refractivity contribution is 0.282. The van der Waals surface area contributed by atoms with Gasteiger partial charge in [0.25, 0.3) is 5.56 Å². The van der Waals surface area contributed by atoms with Gasteiger partial charge in [-0.2, -0.15) is 0 Å². The number of aliphatic hydroxyl groups excluding tert-OH is 1. The van der Waals surface area contributed by atoms with E-state index in [1.807, 2.05) is 47.8 Å². The minimum Gasteiger partial charge on any atom is -0.392 e. The maximum atomic E-state index is 12.3. The predicted octanol–water partition coefficient (Wildman–Crippen LogP) is 4.31. The lowest BCUT2D eigenvalue weighted by Crippen LogP contribution is -2.08. The van der Waals surface area contributed by atoms with Crippen LogP contribution >= 0.6 is 11.3 Å². The molecule has 132 valence electrons. The van der Waals surface area contributed by atoms with Gasteiger partial charge in [0.15, 0.2) is 0 Å². The van der Waals surface area contributed by atoms with Crippen LogP contribution < -0.4 is 11.3 Å². The molecule has 4 N–H and O–H groups in total. The van der Waals surface area contributed by atoms with Crippen LogP contribution in [0.3, 0.4) is 0 Å². The molecular formula is C21H20N2O2S. The van der Waals surface area contributed by atoms with Crippen molar-refractivity contribution >= 4 is 32.3 Å². The Morgan fingerprint density at radius 2 is 1.92 bits per heavy atom. The number of rotatable bonds is 4. The van der Waals surface area contributed by atoms with Crippen molar-refractivity contribution in [3.05, 3.63) is 69.3 Å². The quantitative estimate of drug-likeness (QED) is 0.505. The van der Waals surface area contributed by atoms with Gasteiger partial charge in [0.1, 0.15) is 4.70 Å². The molecule has 0 amide bonds. The largest absolute Gasteiger partial charge is 0.392 e. The molecule has 0 saturated heterocycles. The molecule has 2 aromatic heterocycles. The van der Waals surface area contributed by atoms with Gasteiger partial charge in [-0.3, -0.25) is 4.79 Å². The van der Waals surface area contributed by atoms with Crippen molar-refractivity contribution in [2.24, 2.45) is 5.73 Å². The lowest BCUT2D eigenvalue weighted by Gasteiger charge is -2.15. The third-order valence-electron chi connectivity index (χ3n) is 4.92. The minimum atomic E-state index is -0.0746. The first-order valence-corrected chi connectivity index (χ1v) is 9.53. The topological polar surface area (TPSA) is 79.1 Å². The Morgan fingerprint density at radius 1 is 1.15 bits per heavy atom. The van der Waals surface area contributed by atoms with Gasteiger partial charge in [0.05, 0.1) is 6.61 Å². The molecular weight excluding hydrogens is 344 g/mol. The van der Waals surface area contributed by atoms with Crippen LogP contribution in [-0.4, -0.2) is 10.1 Å². The highest BCUT2D eigenvalue weighted by atomic mass is 32.1. The molecule has 0 saturated carbocycles. The Hall–Kier alpha value is -2.47. The average Bonchev–Trinajstić information content (AvgIpc) is 3.17. The molecule has 26 heavy (non-hydrogen) atoms. The average molecular weight is 364 g/mol. The Bertz CT molecular complexity index is 1140. The summed E-state index contributed by atoms with van der Waals surface area (Å²) in [6.45, 7) is 2.00. The molecule has 2 aromatic carbocycles. The van der Waals surface area contributed by atoms with E-state index in [0.29, 0.717) is 4.70 Å². The molecule has 4 nitrogen and oxygen atoms in total. The van der Waals surface area contributed by atoms with Crippen molar-refractivity contribution in [1.29, 1.82) is 0 Å². The third-order valence-corrected chi connectivity index (χ3v) is 5.83. The smallest absolute Gasteiger partial charge is 0.266 e. The van der Waals surface area contributed by atoms with Gasteiger partial charge in [0.2, 0.25) is 0 Å². The van der Waals surface area contributed by atoms with Gasteiger partial charge in [-0.1, -0.05) is 37.3 Å². The Kier molecular flexibility index (Phi) is 4.36. The van der Waals surface area contributed by atoms with Crippen molar-refractivity contribution in [2.75, 3.05) is 0 Å². The van der Waals surface area contributed by atoms with Gasteiger partial charge < -0.3 is 15.8 Å². The zero-order valence-corrected chi connectivity index (χ0v) is 15.3. The van der Waals surface area contributed by atoms with Crippen molar-refractivity contribution in [1.82, 2.24) is 4.98 Å². The van der Waals surface area contributed by atoms with Crippen LogP contribution in [0.25, 0.3) is 32.1 Å². The number of fused-ring (bicyclic) bond motifs is 3. The SMILES string of the molecule is CC[C@H](N)c1ccc(-c2c(CO)ccc3[nH]c(=O)c4sccc4c23)cc1. The second-order valence-electron chi connectivity index (χ2n) is 6.43. The van der Waals surface area contributed by atoms with Gasteiger partial charge in [0, 0.05) is 22.3 Å². The number of aliphatic hydroxyl groups is 1. The normalized spacial score (nSPS) is 12.7. The number of nitrogens with two attached hydrogens (primary N) is 1. The zero-order chi connectivity index (χ0) is 18.3. The molecule has 4 aromatic rings. The van der Waals surface area contributed by atoms with Gasteiger partial charge in [-0.15, -0.1) is 11.3 Å². The summed E-state index contributed by atoms with van der Waals surface area (Å²) in [5, 5.41) is 13.7. The fraction of sp³-hybridized carbons (Fsp3) is 0.190. The predicted molar refractivity (Wildman–Crippen MR) is 109 cm³/mol. The number of hydrogen-bond acceptors (Lipinski definition) is 4. The van der Waals surface area contributed by atoms with Crippen molar-refractivity contribution < 1.29 is 5.11 Å². The summed E-state index contributed by atoms with van der Waals surface area (Å²) in [4.78, 5) is 15.3. The molecule has 0 fully saturated rings. The molecule has 0 spiro atoms. The van der Waals surface area contributed by atoms with E-state index in [0.717, 1.165) is 45.0 Å². The molecule has 0 aliphatic heterocycles. The molecule has 2 heterocycles. The fourth-order valence-electron chi connectivity index (χ4n) is 3.48. The number of nitrogens with one attached hydrogen (secondary N) is 1. The zero-order valence-electron chi connectivity index (χ0n) is 14.5. The van der Waals surface area contributed by atoms with Crippen molar-refractivity contribution in [2.45, 2.75) is 26.0 Å². The van der Waals surface area contributed by atoms with E-state index < -0.39 is 0 Å². The van der Waals surface area contributed by atoms with Crippen LogP contribution in [0.4, 0.5) is 0 Å². The maximum absolute atomic E-state index is 12.3. The maximum Gasteiger partial charge on any atom is 0.266 e. The van der Waals surface area contributed by atoms with E-state index in [9.17, 15) is 9.90 Å². The summed E-state index contributed by atoms with van der Waals surface area (Å²) in [5.41, 5.74) is 10.7. The molecule has 4 rings (SSSR count). The monoisotopic (exact) mass is 364 g/mol. The second kappa shape index (κ2) is 6.68. The summed E-state index contributed by atoms with van der Waals surface area (Å²) in [5.74, 6) is 0. The first-order valence-electron chi connectivity index (χ1n) is 8.66. The number of benzene rings is 2. The van der Waals surface area contributed by atoms with Crippen molar-refractivity contribution in [3.63, 3.8) is 0 Å². The second-order valence-corrected chi connectivity index (χ2v) is 7.35. The van der Waals surface area contributed by atoms with Crippen LogP contribution in [-0.2, 0) is 6.61 Å². The van der Waals surface area contributed by atoms with Crippen LogP contribution in [0.15, 0.2) is 52.6 Å². The Balaban J connectivity index is 2.04. The molecule has 0 aliphatic carbocycles. The van der Waals surface area contributed by atoms with Crippen molar-refractivity contribution in [3.8, 4) is 11.1 Å². The molecule has 1 atom stereocenters. The highest BCUT2D eigenvalue weighted by Gasteiger charge is 2.15. The van der Waals surface area contributed by atoms with E-state index in [1.165, 1.54) is 11.3 Å². The fourth-order valence-corrected chi connectivity index (χ4v) is 4.28. The standard InChI is InChI=1S/C21H20N2O2S/c1-2-16(22)12-3-5-13(6-4-12)18-14(11-24)7-8-17-19(18)15-9-10-26-20(15)21(25)23-17/h3-10,16,24H,2,11,22H2,1H3,(H,23,25)/t16-/m0/s1. The number of aromatic nitrogens is 1. The first kappa shape index (κ1) is 17.0. The minimum absolute atomic E-state index is 0.0221. The molecule has 0 aliphatic rings. The number of hydrogen-bond donors (Lipinski definition) is 3. The summed E-state index contributed by atoms with van der Waals surface area (Å²) in [6.07, 6.45) is 0.881. The van der Waals surface area contributed by atoms with E-state index in [-0.39, 0.29) is 18.2 Å². The summed E-state index contributed by atoms with van der Waals surface area (Å²) in [6, 6.07) is 13.9. The number of thiophene rings is 1. The van der Waals surface area contributed by atoms with E-state index in [2.05, 4.69) is 11.9 Å². The van der Waals surface area contributed by atoms with E-state index in [1.54, 1.807) is 0 Å². The van der Waals surface area contributed by atoms with Crippen LogP contribution in [0.2, 0.25) is 0 Å². The van der Waals surface area contributed by atoms with Gasteiger partial charge >= 0.3 is 0 Å². The third kappa shape index (κ3) is 2.65. The van der Waals surface area contributed by atoms with E-state index in [4.69, 9.17) is 5.73 Å². The number of aromatic amines is 1. The van der Waals surface area contributed by atoms with Crippen LogP contribution in [0.1, 0.15) is 30.5 Å². The van der Waals surface area contributed by atoms with Crippen LogP contribution in [0.5, 0.6) is 0 Å². The summed E-state index contributed by atoms with van der Waals surface area (Å²) < 4.78 is 0.707.